The van der Waals surface area contributed by atoms with Crippen LogP contribution in [-0.4, -0.2) is 19.2 Å². The van der Waals surface area contributed by atoms with Gasteiger partial charge in [-0.05, 0) is 56.0 Å². The number of hydrogen-bond acceptors (Lipinski definition) is 2. The molecule has 1 fully saturated rings. The minimum absolute atomic E-state index is 0.0666. The van der Waals surface area contributed by atoms with Gasteiger partial charge < -0.3 is 10.1 Å². The van der Waals surface area contributed by atoms with Crippen LogP contribution in [0.25, 0.3) is 0 Å². The molecule has 0 radical (unpaired) electrons. The zero-order valence-electron chi connectivity index (χ0n) is 10.1. The number of nitrogens with one attached hydrogen (secondary N) is 1. The standard InChI is InChI=1S/C14H18ClNO/c1-10-9-14(5-6-16-10)13-3-2-12(15)8-11(13)4-7-17-14/h2-3,8,10,16H,4-7,9H2,1H3/t10-,14+/m0/s1. The number of benzene rings is 1. The maximum Gasteiger partial charge on any atom is 0.0960 e. The van der Waals surface area contributed by atoms with Gasteiger partial charge >= 0.3 is 0 Å². The van der Waals surface area contributed by atoms with E-state index < -0.39 is 0 Å². The lowest BCUT2D eigenvalue weighted by Crippen LogP contribution is -2.48. The maximum absolute atomic E-state index is 6.16. The van der Waals surface area contributed by atoms with Crippen LogP contribution in [0.15, 0.2) is 18.2 Å². The average molecular weight is 252 g/mol. The predicted molar refractivity (Wildman–Crippen MR) is 69.5 cm³/mol. The molecule has 0 unspecified atom stereocenters. The van der Waals surface area contributed by atoms with E-state index in [0.29, 0.717) is 6.04 Å². The molecule has 2 nitrogen and oxygen atoms in total. The van der Waals surface area contributed by atoms with Gasteiger partial charge in [-0.25, -0.2) is 0 Å². The van der Waals surface area contributed by atoms with Crippen molar-refractivity contribution < 1.29 is 4.74 Å². The van der Waals surface area contributed by atoms with Crippen molar-refractivity contribution in [2.45, 2.75) is 37.8 Å². The summed E-state index contributed by atoms with van der Waals surface area (Å²) in [5.74, 6) is 0. The van der Waals surface area contributed by atoms with E-state index in [0.717, 1.165) is 37.4 Å². The molecule has 92 valence electrons. The Bertz CT molecular complexity index is 434. The Morgan fingerprint density at radius 2 is 2.35 bits per heavy atom. The highest BCUT2D eigenvalue weighted by Gasteiger charge is 2.40. The predicted octanol–water partition coefficient (Wildman–Crippen LogP) is 2.88. The first kappa shape index (κ1) is 11.5. The van der Waals surface area contributed by atoms with E-state index in [9.17, 15) is 0 Å². The third-order valence-corrected chi connectivity index (χ3v) is 4.20. The van der Waals surface area contributed by atoms with Crippen molar-refractivity contribution in [2.24, 2.45) is 0 Å². The fourth-order valence-corrected chi connectivity index (χ4v) is 3.41. The number of ether oxygens (including phenoxy) is 1. The lowest BCUT2D eigenvalue weighted by molar-refractivity contribution is -0.0879. The van der Waals surface area contributed by atoms with Crippen LogP contribution >= 0.6 is 11.6 Å². The van der Waals surface area contributed by atoms with Crippen LogP contribution in [0.1, 0.15) is 30.9 Å². The summed E-state index contributed by atoms with van der Waals surface area (Å²) in [6.07, 6.45) is 3.10. The molecule has 1 N–H and O–H groups in total. The fraction of sp³-hybridized carbons (Fsp3) is 0.571. The molecule has 2 heterocycles. The van der Waals surface area contributed by atoms with Crippen molar-refractivity contribution >= 4 is 11.6 Å². The zero-order valence-corrected chi connectivity index (χ0v) is 10.9. The minimum Gasteiger partial charge on any atom is -0.370 e. The van der Waals surface area contributed by atoms with Crippen molar-refractivity contribution in [3.8, 4) is 0 Å². The monoisotopic (exact) mass is 251 g/mol. The van der Waals surface area contributed by atoms with E-state index in [4.69, 9.17) is 16.3 Å². The second-order valence-electron chi connectivity index (χ2n) is 5.20. The van der Waals surface area contributed by atoms with Crippen molar-refractivity contribution in [3.05, 3.63) is 34.3 Å². The van der Waals surface area contributed by atoms with Gasteiger partial charge in [-0.3, -0.25) is 0 Å². The highest BCUT2D eigenvalue weighted by Crippen LogP contribution is 2.41. The van der Waals surface area contributed by atoms with Gasteiger partial charge in [-0.15, -0.1) is 0 Å². The smallest absolute Gasteiger partial charge is 0.0960 e. The Balaban J connectivity index is 2.03. The van der Waals surface area contributed by atoms with E-state index in [1.807, 2.05) is 6.07 Å². The maximum atomic E-state index is 6.16. The average Bonchev–Trinajstić information content (AvgIpc) is 2.28. The summed E-state index contributed by atoms with van der Waals surface area (Å²) in [7, 11) is 0. The third kappa shape index (κ3) is 1.99. The third-order valence-electron chi connectivity index (χ3n) is 3.97. The Morgan fingerprint density at radius 1 is 1.47 bits per heavy atom. The molecule has 17 heavy (non-hydrogen) atoms. The topological polar surface area (TPSA) is 21.3 Å². The molecule has 1 aromatic carbocycles. The summed E-state index contributed by atoms with van der Waals surface area (Å²) in [5, 5.41) is 4.33. The molecule has 0 aliphatic carbocycles. The summed E-state index contributed by atoms with van der Waals surface area (Å²) in [6.45, 7) is 4.08. The number of hydrogen-bond donors (Lipinski definition) is 1. The van der Waals surface area contributed by atoms with Gasteiger partial charge in [0.2, 0.25) is 0 Å². The summed E-state index contributed by atoms with van der Waals surface area (Å²) >= 11 is 6.08. The first-order valence-corrected chi connectivity index (χ1v) is 6.74. The van der Waals surface area contributed by atoms with E-state index in [1.165, 1.54) is 11.1 Å². The Labute approximate surface area is 107 Å². The second kappa shape index (κ2) is 4.27. The van der Waals surface area contributed by atoms with Crippen LogP contribution in [0.2, 0.25) is 5.02 Å². The quantitative estimate of drug-likeness (QED) is 0.766. The second-order valence-corrected chi connectivity index (χ2v) is 5.64. The van der Waals surface area contributed by atoms with Crippen molar-refractivity contribution in [1.29, 1.82) is 0 Å². The molecule has 0 amide bonds. The SMILES string of the molecule is C[C@H]1C[C@@]2(CCN1)OCCc1cc(Cl)ccc12. The zero-order chi connectivity index (χ0) is 11.9. The van der Waals surface area contributed by atoms with E-state index in [-0.39, 0.29) is 5.60 Å². The summed E-state index contributed by atoms with van der Waals surface area (Å²) in [6, 6.07) is 6.78. The van der Waals surface area contributed by atoms with Crippen molar-refractivity contribution in [1.82, 2.24) is 5.32 Å². The Hall–Kier alpha value is -0.570. The number of fused-ring (bicyclic) bond motifs is 2. The van der Waals surface area contributed by atoms with Crippen molar-refractivity contribution in [2.75, 3.05) is 13.2 Å². The highest BCUT2D eigenvalue weighted by atomic mass is 35.5. The molecule has 2 aliphatic heterocycles. The van der Waals surface area contributed by atoms with Crippen LogP contribution < -0.4 is 5.32 Å². The lowest BCUT2D eigenvalue weighted by Gasteiger charge is -2.44. The Kier molecular flexibility index (Phi) is 2.89. The van der Waals surface area contributed by atoms with Crippen LogP contribution in [0.4, 0.5) is 0 Å². The van der Waals surface area contributed by atoms with Gasteiger partial charge in [-0.1, -0.05) is 17.7 Å². The fourth-order valence-electron chi connectivity index (χ4n) is 3.21. The number of piperidine rings is 1. The lowest BCUT2D eigenvalue weighted by atomic mass is 9.78. The summed E-state index contributed by atoms with van der Waals surface area (Å²) in [4.78, 5) is 0. The molecule has 3 rings (SSSR count). The molecule has 1 saturated heterocycles. The first-order valence-electron chi connectivity index (χ1n) is 6.36. The van der Waals surface area contributed by atoms with Crippen molar-refractivity contribution in [3.63, 3.8) is 0 Å². The highest BCUT2D eigenvalue weighted by molar-refractivity contribution is 6.30. The van der Waals surface area contributed by atoms with Gasteiger partial charge in [0, 0.05) is 11.1 Å². The largest absolute Gasteiger partial charge is 0.370 e. The number of rotatable bonds is 0. The number of halogens is 1. The van der Waals surface area contributed by atoms with Crippen LogP contribution in [-0.2, 0) is 16.8 Å². The van der Waals surface area contributed by atoms with Gasteiger partial charge in [-0.2, -0.15) is 0 Å². The van der Waals surface area contributed by atoms with Gasteiger partial charge in [0.1, 0.15) is 0 Å². The van der Waals surface area contributed by atoms with Crippen LogP contribution in [0, 0.1) is 0 Å². The molecule has 2 atom stereocenters. The van der Waals surface area contributed by atoms with Crippen LogP contribution in [0.3, 0.4) is 0 Å². The Morgan fingerprint density at radius 3 is 3.18 bits per heavy atom. The summed E-state index contributed by atoms with van der Waals surface area (Å²) < 4.78 is 6.16. The normalized spacial score (nSPS) is 32.5. The van der Waals surface area contributed by atoms with Crippen LogP contribution in [0.5, 0.6) is 0 Å². The molecule has 2 aliphatic rings. The van der Waals surface area contributed by atoms with E-state index in [1.54, 1.807) is 0 Å². The minimum atomic E-state index is -0.0666. The molecular weight excluding hydrogens is 234 g/mol. The van der Waals surface area contributed by atoms with Gasteiger partial charge in [0.15, 0.2) is 0 Å². The summed E-state index contributed by atoms with van der Waals surface area (Å²) in [5.41, 5.74) is 2.67. The molecule has 0 bridgehead atoms. The first-order chi connectivity index (χ1) is 8.20. The molecule has 3 heteroatoms. The van der Waals surface area contributed by atoms with Gasteiger partial charge in [0.05, 0.1) is 12.2 Å². The van der Waals surface area contributed by atoms with E-state index in [2.05, 4.69) is 24.4 Å². The molecule has 1 aromatic rings. The molecular formula is C14H18ClNO. The van der Waals surface area contributed by atoms with E-state index >= 15 is 0 Å². The van der Waals surface area contributed by atoms with Gasteiger partial charge in [0.25, 0.3) is 0 Å². The molecule has 1 spiro atoms. The molecule has 0 saturated carbocycles. The molecule has 0 aromatic heterocycles.